The second-order valence-corrected chi connectivity index (χ2v) is 7.58. The number of benzene rings is 1. The van der Waals surface area contributed by atoms with E-state index >= 15 is 0 Å². The van der Waals surface area contributed by atoms with Crippen molar-refractivity contribution in [1.82, 2.24) is 14.9 Å². The van der Waals surface area contributed by atoms with E-state index in [0.29, 0.717) is 47.8 Å². The van der Waals surface area contributed by atoms with Gasteiger partial charge in [-0.25, -0.2) is 9.78 Å². The van der Waals surface area contributed by atoms with E-state index in [9.17, 15) is 9.59 Å². The van der Waals surface area contributed by atoms with Crippen LogP contribution in [0.15, 0.2) is 23.0 Å². The Morgan fingerprint density at radius 1 is 1.17 bits per heavy atom. The molecule has 1 saturated heterocycles. The van der Waals surface area contributed by atoms with E-state index in [-0.39, 0.29) is 11.6 Å². The van der Waals surface area contributed by atoms with E-state index < -0.39 is 0 Å². The number of rotatable bonds is 7. The smallest absolute Gasteiger partial charge is 0.321 e. The number of piperidine rings is 1. The maximum Gasteiger partial charge on any atom is 0.321 e. The van der Waals surface area contributed by atoms with Gasteiger partial charge in [0.1, 0.15) is 11.6 Å². The fourth-order valence-corrected chi connectivity index (χ4v) is 3.76. The molecule has 0 radical (unpaired) electrons. The Bertz CT molecular complexity index is 933. The Kier molecular flexibility index (Phi) is 7.49. The summed E-state index contributed by atoms with van der Waals surface area (Å²) in [6.45, 7) is 8.11. The number of nitrogens with zero attached hydrogens (tertiary/aromatic N) is 2. The summed E-state index contributed by atoms with van der Waals surface area (Å²) in [6, 6.07) is 5.39. The molecule has 162 valence electrons. The normalized spacial score (nSPS) is 13.9. The maximum absolute atomic E-state index is 12.6. The summed E-state index contributed by atoms with van der Waals surface area (Å²) in [5.74, 6) is 1.11. The van der Waals surface area contributed by atoms with E-state index in [1.165, 1.54) is 6.42 Å². The lowest BCUT2D eigenvalue weighted by molar-refractivity contribution is 0.200. The summed E-state index contributed by atoms with van der Waals surface area (Å²) in [6.07, 6.45) is 5.43. The first-order valence-electron chi connectivity index (χ1n) is 11.0. The molecule has 0 atom stereocenters. The van der Waals surface area contributed by atoms with Gasteiger partial charge in [-0.1, -0.05) is 20.8 Å². The van der Waals surface area contributed by atoms with Crippen LogP contribution in [-0.4, -0.2) is 40.6 Å². The van der Waals surface area contributed by atoms with Crippen molar-refractivity contribution in [3.63, 3.8) is 0 Å². The van der Waals surface area contributed by atoms with Gasteiger partial charge in [-0.3, -0.25) is 4.79 Å². The lowest BCUT2D eigenvalue weighted by atomic mass is 10.1. The molecule has 2 N–H and O–H groups in total. The third-order valence-electron chi connectivity index (χ3n) is 5.38. The molecule has 0 unspecified atom stereocenters. The topological polar surface area (TPSA) is 87.3 Å². The van der Waals surface area contributed by atoms with Crippen LogP contribution in [0.2, 0.25) is 0 Å². The lowest BCUT2D eigenvalue weighted by Crippen LogP contribution is -2.38. The van der Waals surface area contributed by atoms with Crippen LogP contribution in [0.3, 0.4) is 0 Å². The number of aryl methyl sites for hydroxylation is 1. The molecule has 1 aliphatic rings. The monoisotopic (exact) mass is 412 g/mol. The number of urea groups is 1. The van der Waals surface area contributed by atoms with Crippen LogP contribution >= 0.6 is 0 Å². The molecule has 1 aromatic heterocycles. The number of nitrogens with one attached hydrogen (secondary N) is 2. The molecule has 2 heterocycles. The first kappa shape index (κ1) is 21.9. The molecule has 0 bridgehead atoms. The zero-order valence-corrected chi connectivity index (χ0v) is 18.2. The van der Waals surface area contributed by atoms with Crippen molar-refractivity contribution in [3.8, 4) is 17.1 Å². The number of likely N-dealkylation sites (tertiary alicyclic amines) is 1. The quantitative estimate of drug-likeness (QED) is 0.707. The summed E-state index contributed by atoms with van der Waals surface area (Å²) in [4.78, 5) is 34.7. The molecule has 2 amide bonds. The minimum atomic E-state index is -0.122. The molecule has 7 nitrogen and oxygen atoms in total. The second-order valence-electron chi connectivity index (χ2n) is 7.58. The third-order valence-corrected chi connectivity index (χ3v) is 5.38. The number of carbonyl (C=O) groups excluding carboxylic acids is 1. The fraction of sp³-hybridized carbons (Fsp3) is 0.522. The van der Waals surface area contributed by atoms with Crippen molar-refractivity contribution in [2.75, 3.05) is 25.0 Å². The van der Waals surface area contributed by atoms with Crippen molar-refractivity contribution in [3.05, 3.63) is 39.8 Å². The number of anilines is 1. The Balaban J connectivity index is 1.96. The molecule has 30 heavy (non-hydrogen) atoms. The SMILES string of the molecule is CCCOc1ccc(NC(=O)N2CCCCC2)cc1-c1nc(CC)c(CC)c(=O)[nH]1. The molecule has 0 aliphatic carbocycles. The van der Waals surface area contributed by atoms with Crippen molar-refractivity contribution >= 4 is 11.7 Å². The predicted molar refractivity (Wildman–Crippen MR) is 119 cm³/mol. The zero-order chi connectivity index (χ0) is 21.5. The van der Waals surface area contributed by atoms with Gasteiger partial charge in [0.05, 0.1) is 17.9 Å². The number of H-pyrrole nitrogens is 1. The second kappa shape index (κ2) is 10.3. The number of hydrogen-bond donors (Lipinski definition) is 2. The first-order chi connectivity index (χ1) is 14.6. The van der Waals surface area contributed by atoms with E-state index in [4.69, 9.17) is 9.72 Å². The zero-order valence-electron chi connectivity index (χ0n) is 18.2. The highest BCUT2D eigenvalue weighted by molar-refractivity contribution is 5.90. The summed E-state index contributed by atoms with van der Waals surface area (Å²) < 4.78 is 5.90. The first-order valence-corrected chi connectivity index (χ1v) is 11.0. The van der Waals surface area contributed by atoms with E-state index in [1.807, 2.05) is 43.9 Å². The van der Waals surface area contributed by atoms with E-state index in [2.05, 4.69) is 10.3 Å². The van der Waals surface area contributed by atoms with Gasteiger partial charge < -0.3 is 19.9 Å². The average molecular weight is 413 g/mol. The number of aromatic nitrogens is 2. The summed E-state index contributed by atoms with van der Waals surface area (Å²) in [5, 5.41) is 2.98. The Labute approximate surface area is 177 Å². The molecule has 1 aliphatic heterocycles. The molecule has 1 aromatic carbocycles. The average Bonchev–Trinajstić information content (AvgIpc) is 2.78. The summed E-state index contributed by atoms with van der Waals surface area (Å²) >= 11 is 0. The largest absolute Gasteiger partial charge is 0.493 e. The number of amides is 2. The van der Waals surface area contributed by atoms with Gasteiger partial charge in [-0.05, 0) is 56.7 Å². The molecular weight excluding hydrogens is 380 g/mol. The Morgan fingerprint density at radius 3 is 2.60 bits per heavy atom. The lowest BCUT2D eigenvalue weighted by Gasteiger charge is -2.27. The van der Waals surface area contributed by atoms with Gasteiger partial charge in [-0.15, -0.1) is 0 Å². The Hall–Kier alpha value is -2.83. The van der Waals surface area contributed by atoms with Gasteiger partial charge in [0.2, 0.25) is 0 Å². The molecular formula is C23H32N4O3. The summed E-state index contributed by atoms with van der Waals surface area (Å²) in [7, 11) is 0. The minimum absolute atomic E-state index is 0.0973. The predicted octanol–water partition coefficient (Wildman–Crippen LogP) is 4.37. The number of ether oxygens (including phenoxy) is 1. The molecule has 3 rings (SSSR count). The standard InChI is InChI=1S/C23H32N4O3/c1-4-14-30-20-11-10-16(24-23(29)27-12-8-7-9-13-27)15-18(20)21-25-19(6-3)17(5-2)22(28)26-21/h10-11,15H,4-9,12-14H2,1-3H3,(H,24,29)(H,25,26,28). The summed E-state index contributed by atoms with van der Waals surface area (Å²) in [5.41, 5.74) is 2.72. The van der Waals surface area contributed by atoms with Crippen molar-refractivity contribution in [2.24, 2.45) is 0 Å². The minimum Gasteiger partial charge on any atom is -0.493 e. The van der Waals surface area contributed by atoms with Crippen molar-refractivity contribution < 1.29 is 9.53 Å². The van der Waals surface area contributed by atoms with Gasteiger partial charge >= 0.3 is 6.03 Å². The van der Waals surface area contributed by atoms with Crippen LogP contribution in [-0.2, 0) is 12.8 Å². The van der Waals surface area contributed by atoms with Crippen LogP contribution in [0.5, 0.6) is 5.75 Å². The van der Waals surface area contributed by atoms with Gasteiger partial charge in [0.25, 0.3) is 5.56 Å². The van der Waals surface area contributed by atoms with Gasteiger partial charge in [-0.2, -0.15) is 0 Å². The highest BCUT2D eigenvalue weighted by atomic mass is 16.5. The number of hydrogen-bond acceptors (Lipinski definition) is 4. The highest BCUT2D eigenvalue weighted by Gasteiger charge is 2.18. The van der Waals surface area contributed by atoms with E-state index in [1.54, 1.807) is 0 Å². The van der Waals surface area contributed by atoms with Crippen LogP contribution < -0.4 is 15.6 Å². The van der Waals surface area contributed by atoms with Gasteiger partial charge in [0.15, 0.2) is 0 Å². The van der Waals surface area contributed by atoms with Crippen LogP contribution in [0.1, 0.15) is 57.7 Å². The van der Waals surface area contributed by atoms with Crippen molar-refractivity contribution in [1.29, 1.82) is 0 Å². The van der Waals surface area contributed by atoms with Crippen LogP contribution in [0.25, 0.3) is 11.4 Å². The van der Waals surface area contributed by atoms with Gasteiger partial charge in [0, 0.05) is 24.3 Å². The Morgan fingerprint density at radius 2 is 1.93 bits per heavy atom. The van der Waals surface area contributed by atoms with E-state index in [0.717, 1.165) is 38.0 Å². The fourth-order valence-electron chi connectivity index (χ4n) is 3.76. The number of carbonyl (C=O) groups is 1. The molecule has 1 fully saturated rings. The molecule has 0 saturated carbocycles. The van der Waals surface area contributed by atoms with Crippen molar-refractivity contribution in [2.45, 2.75) is 59.3 Å². The maximum atomic E-state index is 12.6. The molecule has 7 heteroatoms. The van der Waals surface area contributed by atoms with Crippen LogP contribution in [0, 0.1) is 0 Å². The molecule has 0 spiro atoms. The molecule has 2 aromatic rings. The highest BCUT2D eigenvalue weighted by Crippen LogP contribution is 2.31. The van der Waals surface area contributed by atoms with Crippen LogP contribution in [0.4, 0.5) is 10.5 Å². The number of aromatic amines is 1. The third kappa shape index (κ3) is 5.01.